The van der Waals surface area contributed by atoms with Gasteiger partial charge in [-0.05, 0) is 29.8 Å². The number of anilines is 1. The molecule has 4 nitrogen and oxygen atoms in total. The van der Waals surface area contributed by atoms with Crippen molar-refractivity contribution in [3.05, 3.63) is 59.4 Å². The molecule has 0 spiro atoms. The van der Waals surface area contributed by atoms with Gasteiger partial charge in [-0.1, -0.05) is 12.1 Å². The lowest BCUT2D eigenvalue weighted by atomic mass is 10.2. The lowest BCUT2D eigenvalue weighted by molar-refractivity contribution is 0.506. The van der Waals surface area contributed by atoms with Crippen molar-refractivity contribution in [1.82, 2.24) is 4.72 Å². The summed E-state index contributed by atoms with van der Waals surface area (Å²) in [5.74, 6) is -3.13. The molecule has 0 aliphatic heterocycles. The Labute approximate surface area is 119 Å². The van der Waals surface area contributed by atoms with Gasteiger partial charge in [0.05, 0.1) is 5.69 Å². The first-order chi connectivity index (χ1) is 9.81. The second-order valence-electron chi connectivity index (χ2n) is 4.23. The number of sulfonamides is 1. The van der Waals surface area contributed by atoms with Crippen LogP contribution in [0.4, 0.5) is 18.9 Å². The quantitative estimate of drug-likeness (QED) is 0.849. The van der Waals surface area contributed by atoms with Crippen LogP contribution in [0.1, 0.15) is 5.56 Å². The Hall–Kier alpha value is -2.06. The normalized spacial score (nSPS) is 11.6. The number of hydrogen-bond acceptors (Lipinski definition) is 3. The fourth-order valence-electron chi connectivity index (χ4n) is 1.71. The van der Waals surface area contributed by atoms with Gasteiger partial charge in [0.15, 0.2) is 11.6 Å². The van der Waals surface area contributed by atoms with Gasteiger partial charge >= 0.3 is 0 Å². The number of nitrogens with one attached hydrogen (secondary N) is 1. The molecular weight excluding hydrogens is 305 g/mol. The van der Waals surface area contributed by atoms with Gasteiger partial charge in [-0.3, -0.25) is 0 Å². The van der Waals surface area contributed by atoms with Crippen molar-refractivity contribution < 1.29 is 21.6 Å². The fourth-order valence-corrected chi connectivity index (χ4v) is 2.91. The van der Waals surface area contributed by atoms with E-state index >= 15 is 0 Å². The second kappa shape index (κ2) is 5.74. The van der Waals surface area contributed by atoms with E-state index in [1.807, 2.05) is 0 Å². The average Bonchev–Trinajstić information content (AvgIpc) is 2.40. The van der Waals surface area contributed by atoms with Crippen LogP contribution in [0.15, 0.2) is 41.3 Å². The van der Waals surface area contributed by atoms with Gasteiger partial charge in [-0.15, -0.1) is 0 Å². The summed E-state index contributed by atoms with van der Waals surface area (Å²) in [5.41, 5.74) is 5.40. The maximum absolute atomic E-state index is 13.6. The van der Waals surface area contributed by atoms with Gasteiger partial charge in [0.1, 0.15) is 10.7 Å². The van der Waals surface area contributed by atoms with E-state index in [2.05, 4.69) is 4.72 Å². The molecule has 0 heterocycles. The molecule has 0 fully saturated rings. The van der Waals surface area contributed by atoms with E-state index in [9.17, 15) is 21.6 Å². The van der Waals surface area contributed by atoms with Gasteiger partial charge in [0, 0.05) is 6.54 Å². The monoisotopic (exact) mass is 316 g/mol. The number of nitrogen functional groups attached to an aromatic ring is 1. The zero-order valence-corrected chi connectivity index (χ0v) is 11.4. The summed E-state index contributed by atoms with van der Waals surface area (Å²) in [6.07, 6.45) is 0. The second-order valence-corrected chi connectivity index (χ2v) is 5.93. The topological polar surface area (TPSA) is 72.2 Å². The molecule has 0 unspecified atom stereocenters. The van der Waals surface area contributed by atoms with Crippen LogP contribution in [0.25, 0.3) is 0 Å². The Morgan fingerprint density at radius 3 is 2.33 bits per heavy atom. The molecule has 112 valence electrons. The molecule has 0 aliphatic carbocycles. The van der Waals surface area contributed by atoms with Crippen LogP contribution in [-0.2, 0) is 16.6 Å². The minimum atomic E-state index is -4.21. The minimum absolute atomic E-state index is 0.187. The van der Waals surface area contributed by atoms with E-state index in [0.29, 0.717) is 0 Å². The maximum Gasteiger partial charge on any atom is 0.245 e. The number of nitrogens with two attached hydrogens (primary N) is 1. The van der Waals surface area contributed by atoms with Crippen LogP contribution < -0.4 is 10.5 Å². The molecule has 8 heteroatoms. The zero-order chi connectivity index (χ0) is 15.6. The van der Waals surface area contributed by atoms with Crippen molar-refractivity contribution in [2.75, 3.05) is 5.73 Å². The third kappa shape index (κ3) is 3.34. The molecule has 21 heavy (non-hydrogen) atoms. The Bertz CT molecular complexity index is 759. The van der Waals surface area contributed by atoms with Crippen LogP contribution >= 0.6 is 0 Å². The van der Waals surface area contributed by atoms with E-state index in [-0.39, 0.29) is 17.8 Å². The first-order valence-electron chi connectivity index (χ1n) is 5.79. The van der Waals surface area contributed by atoms with Crippen molar-refractivity contribution in [2.45, 2.75) is 11.4 Å². The molecule has 2 rings (SSSR count). The van der Waals surface area contributed by atoms with Crippen LogP contribution in [0.5, 0.6) is 0 Å². The number of halogens is 3. The van der Waals surface area contributed by atoms with Crippen LogP contribution in [0, 0.1) is 17.5 Å². The van der Waals surface area contributed by atoms with Crippen molar-refractivity contribution in [3.63, 3.8) is 0 Å². The lowest BCUT2D eigenvalue weighted by Crippen LogP contribution is -2.25. The van der Waals surface area contributed by atoms with Crippen LogP contribution in [-0.4, -0.2) is 8.42 Å². The zero-order valence-electron chi connectivity index (χ0n) is 10.6. The Balaban J connectivity index is 2.24. The largest absolute Gasteiger partial charge is 0.398 e. The van der Waals surface area contributed by atoms with Gasteiger partial charge in [-0.2, -0.15) is 0 Å². The molecule has 2 aromatic carbocycles. The minimum Gasteiger partial charge on any atom is -0.398 e. The summed E-state index contributed by atoms with van der Waals surface area (Å²) in [6, 6.07) is 6.42. The van der Waals surface area contributed by atoms with E-state index < -0.39 is 32.4 Å². The first kappa shape index (κ1) is 15.3. The maximum atomic E-state index is 13.6. The smallest absolute Gasteiger partial charge is 0.245 e. The molecule has 0 aliphatic rings. The summed E-state index contributed by atoms with van der Waals surface area (Å²) in [4.78, 5) is -0.674. The highest BCUT2D eigenvalue weighted by atomic mass is 32.2. The molecular formula is C13H11F3N2O2S. The summed E-state index contributed by atoms with van der Waals surface area (Å²) in [5, 5.41) is 0. The van der Waals surface area contributed by atoms with Crippen molar-refractivity contribution in [2.24, 2.45) is 0 Å². The Morgan fingerprint density at radius 1 is 1.00 bits per heavy atom. The summed E-state index contributed by atoms with van der Waals surface area (Å²) in [7, 11) is -4.21. The van der Waals surface area contributed by atoms with Gasteiger partial charge in [0.25, 0.3) is 0 Å². The van der Waals surface area contributed by atoms with E-state index in [0.717, 1.165) is 18.2 Å². The Morgan fingerprint density at radius 2 is 1.71 bits per heavy atom. The van der Waals surface area contributed by atoms with Gasteiger partial charge in [-0.25, -0.2) is 26.3 Å². The summed E-state index contributed by atoms with van der Waals surface area (Å²) < 4.78 is 65.4. The standard InChI is InChI=1S/C13H11F3N2O2S/c14-9-5-4-8(6-11(9)16)7-18-21(19,20)13-10(15)2-1-3-12(13)17/h1-6,18H,7,17H2. The van der Waals surface area contributed by atoms with Crippen molar-refractivity contribution >= 4 is 15.7 Å². The third-order valence-electron chi connectivity index (χ3n) is 2.72. The van der Waals surface area contributed by atoms with Gasteiger partial charge < -0.3 is 5.73 Å². The summed E-state index contributed by atoms with van der Waals surface area (Å²) >= 11 is 0. The third-order valence-corrected chi connectivity index (χ3v) is 4.21. The van der Waals surface area contributed by atoms with Gasteiger partial charge in [0.2, 0.25) is 10.0 Å². The van der Waals surface area contributed by atoms with E-state index in [1.54, 1.807) is 0 Å². The van der Waals surface area contributed by atoms with E-state index in [1.165, 1.54) is 18.2 Å². The average molecular weight is 316 g/mol. The number of benzene rings is 2. The molecule has 0 radical (unpaired) electrons. The fraction of sp³-hybridized carbons (Fsp3) is 0.0769. The predicted molar refractivity (Wildman–Crippen MR) is 71.2 cm³/mol. The summed E-state index contributed by atoms with van der Waals surface area (Å²) in [6.45, 7) is -0.326. The molecule has 3 N–H and O–H groups in total. The molecule has 0 saturated carbocycles. The Kier molecular flexibility index (Phi) is 4.19. The predicted octanol–water partition coefficient (Wildman–Crippen LogP) is 2.16. The number of hydrogen-bond donors (Lipinski definition) is 2. The molecule has 0 saturated heterocycles. The van der Waals surface area contributed by atoms with Crippen LogP contribution in [0.3, 0.4) is 0 Å². The molecule has 0 bridgehead atoms. The first-order valence-corrected chi connectivity index (χ1v) is 7.27. The molecule has 0 aromatic heterocycles. The highest BCUT2D eigenvalue weighted by molar-refractivity contribution is 7.89. The molecule has 0 amide bonds. The highest BCUT2D eigenvalue weighted by Crippen LogP contribution is 2.21. The van der Waals surface area contributed by atoms with E-state index in [4.69, 9.17) is 5.73 Å². The lowest BCUT2D eigenvalue weighted by Gasteiger charge is -2.10. The molecule has 0 atom stereocenters. The highest BCUT2D eigenvalue weighted by Gasteiger charge is 2.21. The molecule has 2 aromatic rings. The SMILES string of the molecule is Nc1cccc(F)c1S(=O)(=O)NCc1ccc(F)c(F)c1. The van der Waals surface area contributed by atoms with Crippen molar-refractivity contribution in [3.8, 4) is 0 Å². The van der Waals surface area contributed by atoms with Crippen molar-refractivity contribution in [1.29, 1.82) is 0 Å². The van der Waals surface area contributed by atoms with Crippen LogP contribution in [0.2, 0.25) is 0 Å². The number of rotatable bonds is 4.